The largest absolute Gasteiger partial charge is 0.346 e. The Balaban J connectivity index is 1.25. The van der Waals surface area contributed by atoms with Crippen LogP contribution < -0.4 is 0 Å². The zero-order valence-corrected chi connectivity index (χ0v) is 17.2. The number of H-pyrrole nitrogens is 1. The van der Waals surface area contributed by atoms with E-state index in [2.05, 4.69) is 38.1 Å². The monoisotopic (exact) mass is 423 g/mol. The number of rotatable bonds is 5. The van der Waals surface area contributed by atoms with Crippen LogP contribution in [0.5, 0.6) is 0 Å². The number of hydrogen-bond acceptors (Lipinski definition) is 3. The third kappa shape index (κ3) is 3.68. The van der Waals surface area contributed by atoms with Crippen molar-refractivity contribution in [3.63, 3.8) is 0 Å². The first-order valence-corrected chi connectivity index (χ1v) is 11.1. The molecule has 4 heterocycles. The SMILES string of the molecule is O=S(c1ccccc1F)N1CCC(Cn2ccc3cc(-c4cn[nH]c4)ncc32)CC1. The molecule has 0 bridgehead atoms. The molecule has 0 amide bonds. The second kappa shape index (κ2) is 8.12. The molecule has 1 atom stereocenters. The summed E-state index contributed by atoms with van der Waals surface area (Å²) in [4.78, 5) is 4.86. The summed E-state index contributed by atoms with van der Waals surface area (Å²) in [5, 5.41) is 7.96. The molecule has 8 heteroatoms. The van der Waals surface area contributed by atoms with Crippen molar-refractivity contribution >= 4 is 21.9 Å². The molecule has 5 rings (SSSR count). The van der Waals surface area contributed by atoms with Crippen molar-refractivity contribution in [1.29, 1.82) is 0 Å². The minimum absolute atomic E-state index is 0.270. The Morgan fingerprint density at radius 3 is 2.77 bits per heavy atom. The maximum Gasteiger partial charge on any atom is 0.140 e. The third-order valence-electron chi connectivity index (χ3n) is 5.74. The Hall–Kier alpha value is -2.84. The molecule has 1 aliphatic rings. The molecule has 1 fully saturated rings. The van der Waals surface area contributed by atoms with Crippen LogP contribution in [-0.2, 0) is 17.5 Å². The Labute approximate surface area is 176 Å². The molecular weight excluding hydrogens is 401 g/mol. The van der Waals surface area contributed by atoms with Gasteiger partial charge in [0, 0.05) is 43.0 Å². The summed E-state index contributed by atoms with van der Waals surface area (Å²) in [5.41, 5.74) is 2.98. The maximum atomic E-state index is 14.0. The molecule has 1 aromatic carbocycles. The van der Waals surface area contributed by atoms with Gasteiger partial charge in [0.15, 0.2) is 0 Å². The predicted molar refractivity (Wildman–Crippen MR) is 114 cm³/mol. The summed E-state index contributed by atoms with van der Waals surface area (Å²) < 4.78 is 30.8. The minimum Gasteiger partial charge on any atom is -0.346 e. The quantitative estimate of drug-likeness (QED) is 0.528. The van der Waals surface area contributed by atoms with Gasteiger partial charge in [0.2, 0.25) is 0 Å². The number of pyridine rings is 1. The van der Waals surface area contributed by atoms with E-state index in [0.29, 0.717) is 19.0 Å². The van der Waals surface area contributed by atoms with Gasteiger partial charge in [-0.15, -0.1) is 0 Å². The van der Waals surface area contributed by atoms with Gasteiger partial charge in [0.25, 0.3) is 0 Å². The molecule has 1 saturated heterocycles. The summed E-state index contributed by atoms with van der Waals surface area (Å²) in [7, 11) is -1.44. The fourth-order valence-electron chi connectivity index (χ4n) is 4.06. The van der Waals surface area contributed by atoms with Gasteiger partial charge < -0.3 is 4.57 Å². The fraction of sp³-hybridized carbons (Fsp3) is 0.273. The van der Waals surface area contributed by atoms with Crippen molar-refractivity contribution in [3.8, 4) is 11.3 Å². The summed E-state index contributed by atoms with van der Waals surface area (Å²) in [6, 6.07) is 10.5. The second-order valence-corrected chi connectivity index (χ2v) is 9.09. The van der Waals surface area contributed by atoms with E-state index < -0.39 is 16.8 Å². The van der Waals surface area contributed by atoms with Crippen LogP contribution in [0.1, 0.15) is 12.8 Å². The Bertz CT molecular complexity index is 1180. The van der Waals surface area contributed by atoms with Gasteiger partial charge in [-0.25, -0.2) is 12.9 Å². The Morgan fingerprint density at radius 2 is 2.00 bits per heavy atom. The Morgan fingerprint density at radius 1 is 1.17 bits per heavy atom. The van der Waals surface area contributed by atoms with Gasteiger partial charge in [-0.1, -0.05) is 12.1 Å². The first-order valence-electron chi connectivity index (χ1n) is 10.0. The molecule has 0 aliphatic carbocycles. The van der Waals surface area contributed by atoms with Gasteiger partial charge in [0.05, 0.1) is 28.5 Å². The lowest BCUT2D eigenvalue weighted by molar-refractivity contribution is 0.262. The molecule has 30 heavy (non-hydrogen) atoms. The molecule has 3 aromatic heterocycles. The van der Waals surface area contributed by atoms with Crippen molar-refractivity contribution in [2.75, 3.05) is 13.1 Å². The van der Waals surface area contributed by atoms with Crippen LogP contribution in [0, 0.1) is 11.7 Å². The number of aromatic nitrogens is 4. The molecule has 0 radical (unpaired) electrons. The lowest BCUT2D eigenvalue weighted by atomic mass is 9.98. The number of aromatic amines is 1. The normalized spacial score (nSPS) is 16.8. The number of nitrogens with zero attached hydrogens (tertiary/aromatic N) is 4. The molecule has 6 nitrogen and oxygen atoms in total. The average molecular weight is 424 g/mol. The molecule has 1 N–H and O–H groups in total. The van der Waals surface area contributed by atoms with E-state index >= 15 is 0 Å². The maximum absolute atomic E-state index is 14.0. The lowest BCUT2D eigenvalue weighted by Gasteiger charge is -2.31. The minimum atomic E-state index is -1.44. The van der Waals surface area contributed by atoms with E-state index in [0.717, 1.165) is 41.5 Å². The third-order valence-corrected chi connectivity index (χ3v) is 7.28. The van der Waals surface area contributed by atoms with Crippen LogP contribution in [0.2, 0.25) is 0 Å². The zero-order valence-electron chi connectivity index (χ0n) is 16.4. The lowest BCUT2D eigenvalue weighted by Crippen LogP contribution is -2.36. The Kier molecular flexibility index (Phi) is 5.18. The van der Waals surface area contributed by atoms with E-state index in [4.69, 9.17) is 0 Å². The van der Waals surface area contributed by atoms with Crippen LogP contribution in [0.4, 0.5) is 4.39 Å². The molecule has 4 aromatic rings. The van der Waals surface area contributed by atoms with Gasteiger partial charge in [0.1, 0.15) is 16.8 Å². The standard InChI is InChI=1S/C22H22FN5OS/c23-19-3-1-2-4-22(19)30(29)28-9-5-16(6-10-28)15-27-8-7-17-11-20(24-14-21(17)27)18-12-25-26-13-18/h1-4,7-8,11-14,16H,5-6,9-10,15H2,(H,25,26). The first kappa shape index (κ1) is 19.1. The van der Waals surface area contributed by atoms with E-state index in [9.17, 15) is 8.60 Å². The fourth-order valence-corrected chi connectivity index (χ4v) is 5.31. The number of hydrogen-bond donors (Lipinski definition) is 1. The summed E-state index contributed by atoms with van der Waals surface area (Å²) in [6.07, 6.45) is 9.49. The molecule has 1 unspecified atom stereocenters. The van der Waals surface area contributed by atoms with Crippen molar-refractivity contribution in [3.05, 3.63) is 67.0 Å². The number of benzene rings is 1. The zero-order chi connectivity index (χ0) is 20.5. The van der Waals surface area contributed by atoms with Crippen molar-refractivity contribution in [2.24, 2.45) is 5.92 Å². The highest BCUT2D eigenvalue weighted by molar-refractivity contribution is 7.82. The highest BCUT2D eigenvalue weighted by atomic mass is 32.2. The second-order valence-electron chi connectivity index (χ2n) is 7.64. The highest BCUT2D eigenvalue weighted by Crippen LogP contribution is 2.27. The molecule has 0 spiro atoms. The molecule has 0 saturated carbocycles. The number of piperidine rings is 1. The van der Waals surface area contributed by atoms with Crippen LogP contribution in [0.25, 0.3) is 22.2 Å². The smallest absolute Gasteiger partial charge is 0.140 e. The average Bonchev–Trinajstić information content (AvgIpc) is 3.44. The topological polar surface area (TPSA) is 66.8 Å². The van der Waals surface area contributed by atoms with Crippen molar-refractivity contribution in [1.82, 2.24) is 24.1 Å². The van der Waals surface area contributed by atoms with Crippen molar-refractivity contribution < 1.29 is 8.60 Å². The van der Waals surface area contributed by atoms with Crippen molar-refractivity contribution in [2.45, 2.75) is 24.3 Å². The van der Waals surface area contributed by atoms with E-state index in [1.54, 1.807) is 24.4 Å². The number of nitrogens with one attached hydrogen (secondary N) is 1. The molecule has 154 valence electrons. The summed E-state index contributed by atoms with van der Waals surface area (Å²) >= 11 is 0. The van der Waals surface area contributed by atoms with Gasteiger partial charge >= 0.3 is 0 Å². The van der Waals surface area contributed by atoms with Crippen LogP contribution in [0.3, 0.4) is 0 Å². The number of halogens is 1. The van der Waals surface area contributed by atoms with Gasteiger partial charge in [-0.2, -0.15) is 5.10 Å². The van der Waals surface area contributed by atoms with Gasteiger partial charge in [-0.05, 0) is 43.0 Å². The highest BCUT2D eigenvalue weighted by Gasteiger charge is 2.25. The summed E-state index contributed by atoms with van der Waals surface area (Å²) in [6.45, 7) is 2.30. The van der Waals surface area contributed by atoms with E-state index in [1.165, 1.54) is 6.07 Å². The van der Waals surface area contributed by atoms with E-state index in [1.807, 2.05) is 16.7 Å². The van der Waals surface area contributed by atoms with E-state index in [-0.39, 0.29) is 4.90 Å². The predicted octanol–water partition coefficient (Wildman–Crippen LogP) is 4.00. The van der Waals surface area contributed by atoms with Crippen LogP contribution >= 0.6 is 0 Å². The summed E-state index contributed by atoms with van der Waals surface area (Å²) in [5.74, 6) is 0.0853. The molecule has 1 aliphatic heterocycles. The van der Waals surface area contributed by atoms with Gasteiger partial charge in [-0.3, -0.25) is 10.1 Å². The first-order chi connectivity index (χ1) is 14.7. The van der Waals surface area contributed by atoms with Crippen LogP contribution in [0.15, 0.2) is 66.1 Å². The molecular formula is C22H22FN5OS. The van der Waals surface area contributed by atoms with Crippen LogP contribution in [-0.4, -0.2) is 41.4 Å². The number of fused-ring (bicyclic) bond motifs is 1.